The zero-order valence-electron chi connectivity index (χ0n) is 23.3. The van der Waals surface area contributed by atoms with Crippen LogP contribution in [0.3, 0.4) is 0 Å². The molecule has 0 radical (unpaired) electrons. The predicted octanol–water partition coefficient (Wildman–Crippen LogP) is 6.89. The van der Waals surface area contributed by atoms with Crippen molar-refractivity contribution in [3.8, 4) is 11.1 Å². The van der Waals surface area contributed by atoms with Crippen molar-refractivity contribution in [3.63, 3.8) is 0 Å². The summed E-state index contributed by atoms with van der Waals surface area (Å²) in [4.78, 5) is 2.35. The standard InChI is InChI=1S/C33H45NO3/c1-6-11-26-19-29(33(37,8-3)9-4)15-17-31(26)32-20-30(16-14-25(32)7-2)34(10-5)21-24-12-13-27(22-35)28(18-24)23-36/h12-20,35-37H,6-11,21-23H2,1-5H3. The lowest BCUT2D eigenvalue weighted by Crippen LogP contribution is -2.23. The van der Waals surface area contributed by atoms with Gasteiger partial charge >= 0.3 is 0 Å². The molecule has 0 aromatic heterocycles. The van der Waals surface area contributed by atoms with Crippen LogP contribution in [0.4, 0.5) is 5.69 Å². The molecule has 37 heavy (non-hydrogen) atoms. The number of anilines is 1. The topological polar surface area (TPSA) is 63.9 Å². The Morgan fingerprint density at radius 2 is 1.41 bits per heavy atom. The molecule has 0 saturated heterocycles. The number of benzene rings is 3. The zero-order valence-corrected chi connectivity index (χ0v) is 23.3. The summed E-state index contributed by atoms with van der Waals surface area (Å²) in [5.74, 6) is 0. The van der Waals surface area contributed by atoms with Gasteiger partial charge in [-0.05, 0) is 89.2 Å². The molecule has 0 aliphatic rings. The largest absolute Gasteiger partial charge is 0.392 e. The zero-order chi connectivity index (χ0) is 27.0. The van der Waals surface area contributed by atoms with E-state index in [1.165, 1.54) is 22.3 Å². The average Bonchev–Trinajstić information content (AvgIpc) is 2.95. The van der Waals surface area contributed by atoms with Gasteiger partial charge in [-0.15, -0.1) is 0 Å². The predicted molar refractivity (Wildman–Crippen MR) is 155 cm³/mol. The molecule has 0 fully saturated rings. The van der Waals surface area contributed by atoms with Gasteiger partial charge in [-0.1, -0.05) is 76.6 Å². The van der Waals surface area contributed by atoms with Gasteiger partial charge in [-0.25, -0.2) is 0 Å². The highest BCUT2D eigenvalue weighted by molar-refractivity contribution is 5.75. The minimum Gasteiger partial charge on any atom is -0.392 e. The van der Waals surface area contributed by atoms with Gasteiger partial charge in [-0.2, -0.15) is 0 Å². The summed E-state index contributed by atoms with van der Waals surface area (Å²) < 4.78 is 0. The van der Waals surface area contributed by atoms with E-state index in [1.807, 2.05) is 18.2 Å². The smallest absolute Gasteiger partial charge is 0.0891 e. The fraction of sp³-hybridized carbons (Fsp3) is 0.455. The molecule has 0 heterocycles. The molecule has 0 bridgehead atoms. The summed E-state index contributed by atoms with van der Waals surface area (Å²) in [7, 11) is 0. The first kappa shape index (κ1) is 28.9. The average molecular weight is 504 g/mol. The maximum absolute atomic E-state index is 11.2. The first-order chi connectivity index (χ1) is 17.9. The van der Waals surface area contributed by atoms with Crippen molar-refractivity contribution in [3.05, 3.63) is 88.0 Å². The van der Waals surface area contributed by atoms with Crippen LogP contribution in [0.1, 0.15) is 87.3 Å². The number of aryl methyl sites for hydroxylation is 2. The molecule has 0 unspecified atom stereocenters. The second kappa shape index (κ2) is 13.2. The maximum atomic E-state index is 11.2. The molecule has 0 atom stereocenters. The summed E-state index contributed by atoms with van der Waals surface area (Å²) in [6, 6.07) is 19.3. The molecule has 0 aliphatic heterocycles. The molecule has 3 aromatic carbocycles. The Morgan fingerprint density at radius 3 is 2.00 bits per heavy atom. The van der Waals surface area contributed by atoms with E-state index in [2.05, 4.69) is 75.9 Å². The van der Waals surface area contributed by atoms with Gasteiger partial charge in [0.15, 0.2) is 0 Å². The van der Waals surface area contributed by atoms with Crippen LogP contribution in [0.15, 0.2) is 54.6 Å². The highest BCUT2D eigenvalue weighted by Gasteiger charge is 2.26. The van der Waals surface area contributed by atoms with Crippen molar-refractivity contribution in [2.24, 2.45) is 0 Å². The Kier molecular flexibility index (Phi) is 10.3. The van der Waals surface area contributed by atoms with Crippen molar-refractivity contribution in [2.45, 2.75) is 92.1 Å². The van der Waals surface area contributed by atoms with Gasteiger partial charge in [0, 0.05) is 18.8 Å². The molecule has 4 nitrogen and oxygen atoms in total. The number of rotatable bonds is 13. The third-order valence-corrected chi connectivity index (χ3v) is 7.83. The third kappa shape index (κ3) is 6.43. The van der Waals surface area contributed by atoms with E-state index in [0.717, 1.165) is 60.3 Å². The van der Waals surface area contributed by atoms with Crippen LogP contribution in [0.2, 0.25) is 0 Å². The SMILES string of the molecule is CCCc1cc(C(O)(CC)CC)ccc1-c1cc(N(CC)Cc2ccc(CO)c(CO)c2)ccc1CC. The van der Waals surface area contributed by atoms with Crippen molar-refractivity contribution in [1.29, 1.82) is 0 Å². The molecule has 0 aliphatic carbocycles. The van der Waals surface area contributed by atoms with Gasteiger partial charge in [-0.3, -0.25) is 0 Å². The number of hydrogen-bond acceptors (Lipinski definition) is 4. The summed E-state index contributed by atoms with van der Waals surface area (Å²) in [5, 5.41) is 30.5. The normalized spacial score (nSPS) is 11.7. The number of hydrogen-bond donors (Lipinski definition) is 3. The Morgan fingerprint density at radius 1 is 0.703 bits per heavy atom. The third-order valence-electron chi connectivity index (χ3n) is 7.83. The highest BCUT2D eigenvalue weighted by atomic mass is 16.3. The van der Waals surface area contributed by atoms with E-state index in [-0.39, 0.29) is 13.2 Å². The number of aliphatic hydroxyl groups excluding tert-OH is 2. The van der Waals surface area contributed by atoms with Crippen LogP contribution < -0.4 is 4.90 Å². The van der Waals surface area contributed by atoms with Gasteiger partial charge in [0.05, 0.1) is 18.8 Å². The second-order valence-electron chi connectivity index (χ2n) is 9.99. The molecule has 0 spiro atoms. The molecule has 4 heteroatoms. The Balaban J connectivity index is 2.05. The van der Waals surface area contributed by atoms with E-state index in [9.17, 15) is 15.3 Å². The molecular formula is C33H45NO3. The molecule has 3 aromatic rings. The van der Waals surface area contributed by atoms with Crippen LogP contribution in [-0.4, -0.2) is 21.9 Å². The van der Waals surface area contributed by atoms with Crippen LogP contribution in [0.5, 0.6) is 0 Å². The van der Waals surface area contributed by atoms with Crippen molar-refractivity contribution < 1.29 is 15.3 Å². The lowest BCUT2D eigenvalue weighted by Gasteiger charge is -2.28. The first-order valence-electron chi connectivity index (χ1n) is 13.9. The lowest BCUT2D eigenvalue weighted by molar-refractivity contribution is 0.0283. The van der Waals surface area contributed by atoms with E-state index >= 15 is 0 Å². The Labute approximate surface area is 223 Å². The van der Waals surface area contributed by atoms with Gasteiger partial charge in [0.2, 0.25) is 0 Å². The van der Waals surface area contributed by atoms with Crippen molar-refractivity contribution in [2.75, 3.05) is 11.4 Å². The van der Waals surface area contributed by atoms with Gasteiger partial charge in [0.1, 0.15) is 0 Å². The molecule has 200 valence electrons. The van der Waals surface area contributed by atoms with Gasteiger partial charge < -0.3 is 20.2 Å². The second-order valence-corrected chi connectivity index (χ2v) is 9.99. The molecule has 3 rings (SSSR count). The first-order valence-corrected chi connectivity index (χ1v) is 13.9. The summed E-state index contributed by atoms with van der Waals surface area (Å²) in [6.45, 7) is 12.1. The summed E-state index contributed by atoms with van der Waals surface area (Å²) in [6.07, 6.45) is 4.37. The Bertz CT molecular complexity index is 1170. The molecule has 3 N–H and O–H groups in total. The fourth-order valence-electron chi connectivity index (χ4n) is 5.29. The lowest BCUT2D eigenvalue weighted by atomic mass is 9.84. The van der Waals surface area contributed by atoms with Crippen molar-refractivity contribution >= 4 is 5.69 Å². The van der Waals surface area contributed by atoms with Crippen molar-refractivity contribution in [1.82, 2.24) is 0 Å². The minimum absolute atomic E-state index is 0.0672. The van der Waals surface area contributed by atoms with E-state index < -0.39 is 5.60 Å². The Hall–Kier alpha value is -2.66. The van der Waals surface area contributed by atoms with E-state index in [0.29, 0.717) is 12.8 Å². The number of nitrogens with zero attached hydrogens (tertiary/aromatic N) is 1. The maximum Gasteiger partial charge on any atom is 0.0891 e. The highest BCUT2D eigenvalue weighted by Crippen LogP contribution is 2.36. The summed E-state index contributed by atoms with van der Waals surface area (Å²) in [5.41, 5.74) is 9.18. The van der Waals surface area contributed by atoms with E-state index in [4.69, 9.17) is 0 Å². The quantitative estimate of drug-likeness (QED) is 0.238. The van der Waals surface area contributed by atoms with Crippen LogP contribution in [-0.2, 0) is 38.2 Å². The fourth-order valence-corrected chi connectivity index (χ4v) is 5.29. The van der Waals surface area contributed by atoms with Crippen LogP contribution in [0.25, 0.3) is 11.1 Å². The van der Waals surface area contributed by atoms with E-state index in [1.54, 1.807) is 0 Å². The molecule has 0 amide bonds. The summed E-state index contributed by atoms with van der Waals surface area (Å²) >= 11 is 0. The van der Waals surface area contributed by atoms with Gasteiger partial charge in [0.25, 0.3) is 0 Å². The van der Waals surface area contributed by atoms with Crippen LogP contribution in [0, 0.1) is 0 Å². The monoisotopic (exact) mass is 503 g/mol. The van der Waals surface area contributed by atoms with Crippen LogP contribution >= 0.6 is 0 Å². The minimum atomic E-state index is -0.783. The molecular weight excluding hydrogens is 458 g/mol. The number of aliphatic hydroxyl groups is 3. The molecule has 0 saturated carbocycles.